The van der Waals surface area contributed by atoms with Crippen LogP contribution in [-0.2, 0) is 0 Å². The maximum absolute atomic E-state index is 13.7. The number of hydrogen-bond donors (Lipinski definition) is 1. The number of anilines is 1. The van der Waals surface area contributed by atoms with Gasteiger partial charge in [0.05, 0.1) is 5.52 Å². The van der Waals surface area contributed by atoms with Gasteiger partial charge in [-0.05, 0) is 37.1 Å². The van der Waals surface area contributed by atoms with E-state index in [1.165, 1.54) is 6.07 Å². The Morgan fingerprint density at radius 1 is 1.00 bits per heavy atom. The van der Waals surface area contributed by atoms with Crippen LogP contribution in [0.5, 0.6) is 0 Å². The van der Waals surface area contributed by atoms with Gasteiger partial charge in [0.15, 0.2) is 5.82 Å². The Kier molecular flexibility index (Phi) is 2.86. The molecule has 1 aromatic heterocycles. The SMILES string of the molecule is Cc1ccc(-c2nc(N)c3cccc(C)c3n2)cc1F. The second-order valence-corrected chi connectivity index (χ2v) is 4.87. The Hall–Kier alpha value is -2.49. The summed E-state index contributed by atoms with van der Waals surface area (Å²) in [6.07, 6.45) is 0. The first kappa shape index (κ1) is 12.5. The fraction of sp³-hybridized carbons (Fsp3) is 0.125. The molecule has 3 rings (SSSR count). The number of aromatic nitrogens is 2. The van der Waals surface area contributed by atoms with Crippen LogP contribution in [0.2, 0.25) is 0 Å². The summed E-state index contributed by atoms with van der Waals surface area (Å²) in [4.78, 5) is 8.80. The molecule has 0 atom stereocenters. The Bertz CT molecular complexity index is 812. The minimum atomic E-state index is -0.269. The van der Waals surface area contributed by atoms with Crippen molar-refractivity contribution in [1.82, 2.24) is 9.97 Å². The molecule has 0 aliphatic heterocycles. The molecule has 0 saturated heterocycles. The highest BCUT2D eigenvalue weighted by Crippen LogP contribution is 2.25. The number of para-hydroxylation sites is 1. The summed E-state index contributed by atoms with van der Waals surface area (Å²) in [6, 6.07) is 10.7. The molecule has 1 heterocycles. The molecule has 2 aromatic carbocycles. The van der Waals surface area contributed by atoms with Crippen LogP contribution in [0.4, 0.5) is 10.2 Å². The van der Waals surface area contributed by atoms with Crippen LogP contribution in [-0.4, -0.2) is 9.97 Å². The summed E-state index contributed by atoms with van der Waals surface area (Å²) in [5.41, 5.74) is 9.03. The van der Waals surface area contributed by atoms with E-state index in [4.69, 9.17) is 5.73 Å². The number of halogens is 1. The van der Waals surface area contributed by atoms with Crippen LogP contribution in [0.3, 0.4) is 0 Å². The third-order valence-corrected chi connectivity index (χ3v) is 3.39. The highest BCUT2D eigenvalue weighted by molar-refractivity contribution is 5.91. The van der Waals surface area contributed by atoms with Crippen molar-refractivity contribution in [3.8, 4) is 11.4 Å². The number of rotatable bonds is 1. The van der Waals surface area contributed by atoms with Gasteiger partial charge >= 0.3 is 0 Å². The number of fused-ring (bicyclic) bond motifs is 1. The van der Waals surface area contributed by atoms with Crippen LogP contribution >= 0.6 is 0 Å². The second kappa shape index (κ2) is 4.56. The Morgan fingerprint density at radius 3 is 2.55 bits per heavy atom. The number of nitrogen functional groups attached to an aromatic ring is 1. The fourth-order valence-corrected chi connectivity index (χ4v) is 2.18. The summed E-state index contributed by atoms with van der Waals surface area (Å²) in [5, 5.41) is 0.821. The van der Waals surface area contributed by atoms with Gasteiger partial charge in [-0.3, -0.25) is 0 Å². The van der Waals surface area contributed by atoms with Gasteiger partial charge < -0.3 is 5.73 Å². The van der Waals surface area contributed by atoms with Crippen LogP contribution in [0.1, 0.15) is 11.1 Å². The predicted octanol–water partition coefficient (Wildman–Crippen LogP) is 3.63. The van der Waals surface area contributed by atoms with E-state index >= 15 is 0 Å². The van der Waals surface area contributed by atoms with E-state index < -0.39 is 0 Å². The maximum atomic E-state index is 13.7. The number of aryl methyl sites for hydroxylation is 2. The largest absolute Gasteiger partial charge is 0.383 e. The smallest absolute Gasteiger partial charge is 0.162 e. The summed E-state index contributed by atoms with van der Waals surface area (Å²) < 4.78 is 13.7. The average molecular weight is 267 g/mol. The molecule has 0 aliphatic rings. The molecular weight excluding hydrogens is 253 g/mol. The molecule has 0 aliphatic carbocycles. The Labute approximate surface area is 116 Å². The van der Waals surface area contributed by atoms with E-state index in [1.54, 1.807) is 19.1 Å². The van der Waals surface area contributed by atoms with Crippen molar-refractivity contribution in [2.24, 2.45) is 0 Å². The summed E-state index contributed by atoms with van der Waals surface area (Å²) in [6.45, 7) is 3.69. The van der Waals surface area contributed by atoms with Gasteiger partial charge in [-0.2, -0.15) is 0 Å². The second-order valence-electron chi connectivity index (χ2n) is 4.87. The minimum absolute atomic E-state index is 0.269. The molecule has 100 valence electrons. The lowest BCUT2D eigenvalue weighted by molar-refractivity contribution is 0.619. The van der Waals surface area contributed by atoms with Gasteiger partial charge in [0.2, 0.25) is 0 Å². The van der Waals surface area contributed by atoms with E-state index in [-0.39, 0.29) is 5.82 Å². The quantitative estimate of drug-likeness (QED) is 0.732. The van der Waals surface area contributed by atoms with Crippen molar-refractivity contribution in [2.75, 3.05) is 5.73 Å². The first-order valence-corrected chi connectivity index (χ1v) is 6.35. The van der Waals surface area contributed by atoms with Crippen molar-refractivity contribution in [3.05, 3.63) is 53.3 Å². The lowest BCUT2D eigenvalue weighted by atomic mass is 10.1. The number of nitrogens with two attached hydrogens (primary N) is 1. The van der Waals surface area contributed by atoms with Gasteiger partial charge in [-0.1, -0.05) is 24.3 Å². The van der Waals surface area contributed by atoms with E-state index in [0.29, 0.717) is 22.8 Å². The highest BCUT2D eigenvalue weighted by atomic mass is 19.1. The van der Waals surface area contributed by atoms with Crippen molar-refractivity contribution < 1.29 is 4.39 Å². The van der Waals surface area contributed by atoms with Crippen LogP contribution < -0.4 is 5.73 Å². The fourth-order valence-electron chi connectivity index (χ4n) is 2.18. The van der Waals surface area contributed by atoms with Crippen molar-refractivity contribution in [3.63, 3.8) is 0 Å². The topological polar surface area (TPSA) is 51.8 Å². The molecule has 0 radical (unpaired) electrons. The van der Waals surface area contributed by atoms with Crippen molar-refractivity contribution in [1.29, 1.82) is 0 Å². The first-order valence-electron chi connectivity index (χ1n) is 6.35. The molecule has 0 spiro atoms. The van der Waals surface area contributed by atoms with Crippen LogP contribution in [0.25, 0.3) is 22.3 Å². The number of nitrogens with zero attached hydrogens (tertiary/aromatic N) is 2. The summed E-state index contributed by atoms with van der Waals surface area (Å²) >= 11 is 0. The monoisotopic (exact) mass is 267 g/mol. The standard InChI is InChI=1S/C16H14FN3/c1-9-6-7-11(8-13(9)17)16-19-14-10(2)4-3-5-12(14)15(18)20-16/h3-8H,1-2H3,(H2,18,19,20). The molecular formula is C16H14FN3. The van der Waals surface area contributed by atoms with E-state index in [1.807, 2.05) is 25.1 Å². The number of hydrogen-bond acceptors (Lipinski definition) is 3. The average Bonchev–Trinajstić information content (AvgIpc) is 2.43. The van der Waals surface area contributed by atoms with Crippen LogP contribution in [0, 0.1) is 19.7 Å². The van der Waals surface area contributed by atoms with Gasteiger partial charge in [-0.15, -0.1) is 0 Å². The summed E-state index contributed by atoms with van der Waals surface area (Å²) in [5.74, 6) is 0.590. The lowest BCUT2D eigenvalue weighted by Gasteiger charge is -2.08. The molecule has 0 amide bonds. The molecule has 0 bridgehead atoms. The van der Waals surface area contributed by atoms with Crippen molar-refractivity contribution >= 4 is 16.7 Å². The van der Waals surface area contributed by atoms with E-state index in [0.717, 1.165) is 16.5 Å². The zero-order valence-electron chi connectivity index (χ0n) is 11.3. The Balaban J connectivity index is 2.26. The zero-order chi connectivity index (χ0) is 14.3. The minimum Gasteiger partial charge on any atom is -0.383 e. The van der Waals surface area contributed by atoms with Crippen LogP contribution in [0.15, 0.2) is 36.4 Å². The Morgan fingerprint density at radius 2 is 1.80 bits per heavy atom. The predicted molar refractivity (Wildman–Crippen MR) is 78.8 cm³/mol. The number of benzene rings is 2. The van der Waals surface area contributed by atoms with Crippen molar-refractivity contribution in [2.45, 2.75) is 13.8 Å². The molecule has 3 nitrogen and oxygen atoms in total. The van der Waals surface area contributed by atoms with Gasteiger partial charge in [0.1, 0.15) is 11.6 Å². The van der Waals surface area contributed by atoms with E-state index in [2.05, 4.69) is 9.97 Å². The molecule has 0 fully saturated rings. The third kappa shape index (κ3) is 1.99. The third-order valence-electron chi connectivity index (χ3n) is 3.39. The molecule has 0 saturated carbocycles. The zero-order valence-corrected chi connectivity index (χ0v) is 11.3. The van der Waals surface area contributed by atoms with Gasteiger partial charge in [0, 0.05) is 10.9 Å². The molecule has 2 N–H and O–H groups in total. The molecule has 20 heavy (non-hydrogen) atoms. The lowest BCUT2D eigenvalue weighted by Crippen LogP contribution is -1.99. The van der Waals surface area contributed by atoms with Gasteiger partial charge in [0.25, 0.3) is 0 Å². The maximum Gasteiger partial charge on any atom is 0.162 e. The normalized spacial score (nSPS) is 10.9. The molecule has 3 aromatic rings. The summed E-state index contributed by atoms with van der Waals surface area (Å²) in [7, 11) is 0. The molecule has 0 unspecified atom stereocenters. The molecule has 4 heteroatoms. The van der Waals surface area contributed by atoms with E-state index in [9.17, 15) is 4.39 Å². The first-order chi connectivity index (χ1) is 9.56. The van der Waals surface area contributed by atoms with Gasteiger partial charge in [-0.25, -0.2) is 14.4 Å². The highest BCUT2D eigenvalue weighted by Gasteiger charge is 2.10.